The molecule has 1 aromatic carbocycles. The Hall–Kier alpha value is -1.02. The Labute approximate surface area is 102 Å². The first-order valence-electron chi connectivity index (χ1n) is 5.58. The van der Waals surface area contributed by atoms with Crippen molar-refractivity contribution in [3.05, 3.63) is 35.9 Å². The number of benzene rings is 1. The lowest BCUT2D eigenvalue weighted by atomic mass is 10.1. The van der Waals surface area contributed by atoms with Crippen LogP contribution in [0.2, 0.25) is 0 Å². The number of nitrogens with one attached hydrogen (secondary N) is 1. The fourth-order valence-corrected chi connectivity index (χ4v) is 1.52. The number of alkyl halides is 1. The predicted molar refractivity (Wildman–Crippen MR) is 67.7 cm³/mol. The molecular weight excluding hydrogens is 222 g/mol. The minimum atomic E-state index is -0.459. The molecule has 0 aliphatic rings. The number of rotatable bonds is 5. The molecule has 0 aliphatic carbocycles. The summed E-state index contributed by atoms with van der Waals surface area (Å²) in [5.74, 6) is -0.0952. The van der Waals surface area contributed by atoms with Crippen LogP contribution in [0.3, 0.4) is 0 Å². The van der Waals surface area contributed by atoms with E-state index in [0.29, 0.717) is 0 Å². The van der Waals surface area contributed by atoms with E-state index >= 15 is 0 Å². The summed E-state index contributed by atoms with van der Waals surface area (Å²) in [5.41, 5.74) is 1.29. The number of carbonyl (C=O) groups is 1. The second kappa shape index (κ2) is 6.54. The van der Waals surface area contributed by atoms with Crippen LogP contribution >= 0.6 is 11.6 Å². The van der Waals surface area contributed by atoms with Crippen LogP contribution in [0.5, 0.6) is 0 Å². The monoisotopic (exact) mass is 239 g/mol. The molecule has 0 bridgehead atoms. The zero-order valence-electron chi connectivity index (χ0n) is 9.74. The van der Waals surface area contributed by atoms with E-state index in [1.165, 1.54) is 5.56 Å². The van der Waals surface area contributed by atoms with Crippen LogP contribution in [0.15, 0.2) is 30.3 Å². The van der Waals surface area contributed by atoms with E-state index in [0.717, 1.165) is 12.8 Å². The Balaban J connectivity index is 2.30. The molecule has 0 saturated heterocycles. The first-order valence-corrected chi connectivity index (χ1v) is 6.01. The SMILES string of the molecule is C[C@H](Cl)C(=O)N[C@@H](C)CCc1ccccc1. The molecule has 0 saturated carbocycles. The highest BCUT2D eigenvalue weighted by atomic mass is 35.5. The van der Waals surface area contributed by atoms with Gasteiger partial charge < -0.3 is 5.32 Å². The zero-order chi connectivity index (χ0) is 12.0. The molecule has 1 aromatic rings. The van der Waals surface area contributed by atoms with Gasteiger partial charge in [-0.15, -0.1) is 11.6 Å². The van der Waals surface area contributed by atoms with E-state index in [-0.39, 0.29) is 11.9 Å². The molecule has 3 heteroatoms. The van der Waals surface area contributed by atoms with Crippen LogP contribution in [-0.2, 0) is 11.2 Å². The summed E-state index contributed by atoms with van der Waals surface area (Å²) < 4.78 is 0. The molecule has 1 rings (SSSR count). The largest absolute Gasteiger partial charge is 0.352 e. The average molecular weight is 240 g/mol. The van der Waals surface area contributed by atoms with E-state index in [1.54, 1.807) is 6.92 Å². The smallest absolute Gasteiger partial charge is 0.237 e. The lowest BCUT2D eigenvalue weighted by molar-refractivity contribution is -0.121. The van der Waals surface area contributed by atoms with Crippen molar-refractivity contribution in [1.29, 1.82) is 0 Å². The minimum absolute atomic E-state index is 0.0952. The highest BCUT2D eigenvalue weighted by Gasteiger charge is 2.11. The van der Waals surface area contributed by atoms with Crippen molar-refractivity contribution in [2.45, 2.75) is 38.1 Å². The van der Waals surface area contributed by atoms with Gasteiger partial charge in [-0.1, -0.05) is 30.3 Å². The van der Waals surface area contributed by atoms with Crippen molar-refractivity contribution in [2.75, 3.05) is 0 Å². The fraction of sp³-hybridized carbons (Fsp3) is 0.462. The minimum Gasteiger partial charge on any atom is -0.352 e. The fourth-order valence-electron chi connectivity index (χ4n) is 1.46. The molecule has 0 heterocycles. The highest BCUT2D eigenvalue weighted by molar-refractivity contribution is 6.30. The van der Waals surface area contributed by atoms with Crippen LogP contribution in [0.1, 0.15) is 25.8 Å². The summed E-state index contributed by atoms with van der Waals surface area (Å²) in [5, 5.41) is 2.42. The second-order valence-electron chi connectivity index (χ2n) is 4.05. The molecule has 0 radical (unpaired) electrons. The summed E-state index contributed by atoms with van der Waals surface area (Å²) in [7, 11) is 0. The van der Waals surface area contributed by atoms with Crippen molar-refractivity contribution >= 4 is 17.5 Å². The Morgan fingerprint density at radius 1 is 1.31 bits per heavy atom. The average Bonchev–Trinajstić information content (AvgIpc) is 2.27. The molecule has 1 amide bonds. The van der Waals surface area contributed by atoms with Gasteiger partial charge in [0.2, 0.25) is 5.91 Å². The Bertz CT molecular complexity index is 324. The third-order valence-electron chi connectivity index (χ3n) is 2.46. The predicted octanol–water partition coefficient (Wildman–Crippen LogP) is 2.75. The number of aryl methyl sites for hydroxylation is 1. The van der Waals surface area contributed by atoms with Crippen molar-refractivity contribution in [2.24, 2.45) is 0 Å². The van der Waals surface area contributed by atoms with Gasteiger partial charge >= 0.3 is 0 Å². The molecule has 0 fully saturated rings. The quantitative estimate of drug-likeness (QED) is 0.787. The zero-order valence-corrected chi connectivity index (χ0v) is 10.5. The number of amides is 1. The van der Waals surface area contributed by atoms with Crippen molar-refractivity contribution in [1.82, 2.24) is 5.32 Å². The molecule has 88 valence electrons. The van der Waals surface area contributed by atoms with Gasteiger partial charge in [0.1, 0.15) is 5.38 Å². The van der Waals surface area contributed by atoms with Gasteiger partial charge in [-0.05, 0) is 32.3 Å². The molecule has 1 N–H and O–H groups in total. The van der Waals surface area contributed by atoms with Crippen LogP contribution < -0.4 is 5.32 Å². The Morgan fingerprint density at radius 2 is 1.94 bits per heavy atom. The number of carbonyl (C=O) groups excluding carboxylic acids is 1. The third kappa shape index (κ3) is 4.67. The first kappa shape index (κ1) is 13.0. The van der Waals surface area contributed by atoms with Gasteiger partial charge in [-0.2, -0.15) is 0 Å². The summed E-state index contributed by atoms with van der Waals surface area (Å²) >= 11 is 5.68. The van der Waals surface area contributed by atoms with Crippen molar-refractivity contribution in [3.8, 4) is 0 Å². The summed E-state index contributed by atoms with van der Waals surface area (Å²) in [6, 6.07) is 10.4. The maximum absolute atomic E-state index is 11.3. The van der Waals surface area contributed by atoms with E-state index < -0.39 is 5.38 Å². The molecular formula is C13H18ClNO. The lowest BCUT2D eigenvalue weighted by Crippen LogP contribution is -2.37. The van der Waals surface area contributed by atoms with Gasteiger partial charge in [0.05, 0.1) is 0 Å². The molecule has 0 aromatic heterocycles. The van der Waals surface area contributed by atoms with E-state index in [9.17, 15) is 4.79 Å². The van der Waals surface area contributed by atoms with Gasteiger partial charge in [-0.3, -0.25) is 4.79 Å². The molecule has 0 unspecified atom stereocenters. The van der Waals surface area contributed by atoms with Crippen LogP contribution in [-0.4, -0.2) is 17.3 Å². The molecule has 16 heavy (non-hydrogen) atoms. The normalized spacial score (nSPS) is 14.2. The van der Waals surface area contributed by atoms with E-state index in [4.69, 9.17) is 11.6 Å². The Kier molecular flexibility index (Phi) is 5.33. The van der Waals surface area contributed by atoms with E-state index in [2.05, 4.69) is 17.4 Å². The maximum atomic E-state index is 11.3. The third-order valence-corrected chi connectivity index (χ3v) is 2.66. The van der Waals surface area contributed by atoms with Crippen LogP contribution in [0, 0.1) is 0 Å². The van der Waals surface area contributed by atoms with Crippen molar-refractivity contribution < 1.29 is 4.79 Å². The van der Waals surface area contributed by atoms with Crippen LogP contribution in [0.25, 0.3) is 0 Å². The molecule has 2 nitrogen and oxygen atoms in total. The standard InChI is InChI=1S/C13H18ClNO/c1-10(15-13(16)11(2)14)8-9-12-6-4-3-5-7-12/h3-7,10-11H,8-9H2,1-2H3,(H,15,16)/t10-,11-/m0/s1. The summed E-state index contributed by atoms with van der Waals surface area (Å²) in [6.07, 6.45) is 1.90. The van der Waals surface area contributed by atoms with E-state index in [1.807, 2.05) is 25.1 Å². The molecule has 0 spiro atoms. The number of hydrogen-bond acceptors (Lipinski definition) is 1. The highest BCUT2D eigenvalue weighted by Crippen LogP contribution is 2.05. The summed E-state index contributed by atoms with van der Waals surface area (Å²) in [4.78, 5) is 11.3. The van der Waals surface area contributed by atoms with Gasteiger partial charge in [0.15, 0.2) is 0 Å². The molecule has 2 atom stereocenters. The second-order valence-corrected chi connectivity index (χ2v) is 4.70. The topological polar surface area (TPSA) is 29.1 Å². The molecule has 0 aliphatic heterocycles. The van der Waals surface area contributed by atoms with Gasteiger partial charge in [0.25, 0.3) is 0 Å². The maximum Gasteiger partial charge on any atom is 0.237 e. The van der Waals surface area contributed by atoms with Gasteiger partial charge in [0, 0.05) is 6.04 Å². The lowest BCUT2D eigenvalue weighted by Gasteiger charge is -2.14. The first-order chi connectivity index (χ1) is 7.59. The van der Waals surface area contributed by atoms with Crippen LogP contribution in [0.4, 0.5) is 0 Å². The number of hydrogen-bond donors (Lipinski definition) is 1. The Morgan fingerprint density at radius 3 is 2.50 bits per heavy atom. The van der Waals surface area contributed by atoms with Crippen molar-refractivity contribution in [3.63, 3.8) is 0 Å². The number of halogens is 1. The van der Waals surface area contributed by atoms with Gasteiger partial charge in [-0.25, -0.2) is 0 Å². The summed E-state index contributed by atoms with van der Waals surface area (Å²) in [6.45, 7) is 3.68.